The first-order valence-corrected chi connectivity index (χ1v) is 4.04. The van der Waals surface area contributed by atoms with Crippen molar-refractivity contribution in [2.45, 2.75) is 20.3 Å². The van der Waals surface area contributed by atoms with Gasteiger partial charge in [0.1, 0.15) is 11.6 Å². The molecular weight excluding hydrogens is 154 g/mol. The number of hydrogen-bond donors (Lipinski definition) is 2. The third-order valence-electron chi connectivity index (χ3n) is 1.42. The molecule has 0 amide bonds. The van der Waals surface area contributed by atoms with Gasteiger partial charge in [-0.05, 0) is 13.3 Å². The van der Waals surface area contributed by atoms with E-state index in [-0.39, 0.29) is 5.56 Å². The van der Waals surface area contributed by atoms with Gasteiger partial charge in [-0.25, -0.2) is 4.98 Å². The minimum atomic E-state index is -0.110. The molecule has 4 heteroatoms. The minimum absolute atomic E-state index is 0.110. The molecule has 0 aliphatic heterocycles. The lowest BCUT2D eigenvalue weighted by Gasteiger charge is -2.02. The van der Waals surface area contributed by atoms with Crippen molar-refractivity contribution in [2.24, 2.45) is 0 Å². The maximum atomic E-state index is 10.9. The Bertz CT molecular complexity index is 305. The molecule has 1 rings (SSSR count). The topological polar surface area (TPSA) is 57.8 Å². The van der Waals surface area contributed by atoms with Gasteiger partial charge in [-0.1, -0.05) is 6.92 Å². The summed E-state index contributed by atoms with van der Waals surface area (Å²) in [6.45, 7) is 4.67. The smallest absolute Gasteiger partial charge is 0.252 e. The Balaban J connectivity index is 2.79. The number of nitrogens with zero attached hydrogens (tertiary/aromatic N) is 1. The van der Waals surface area contributed by atoms with Crippen LogP contribution in [0.2, 0.25) is 0 Å². The standard InChI is InChI=1S/C8H13N3O/c1-3-4-9-7-5-8(12)11-6(2)10-7/h5H,3-4H2,1-2H3,(H2,9,10,11,12). The third kappa shape index (κ3) is 2.38. The number of aromatic nitrogens is 2. The number of anilines is 1. The van der Waals surface area contributed by atoms with Crippen LogP contribution in [0, 0.1) is 6.92 Å². The zero-order valence-electron chi connectivity index (χ0n) is 7.35. The highest BCUT2D eigenvalue weighted by Crippen LogP contribution is 1.96. The Morgan fingerprint density at radius 1 is 1.67 bits per heavy atom. The van der Waals surface area contributed by atoms with E-state index in [0.717, 1.165) is 13.0 Å². The molecule has 1 heterocycles. The molecular formula is C8H13N3O. The van der Waals surface area contributed by atoms with E-state index in [9.17, 15) is 4.79 Å². The number of hydrogen-bond acceptors (Lipinski definition) is 3. The van der Waals surface area contributed by atoms with Crippen molar-refractivity contribution in [3.05, 3.63) is 22.2 Å². The van der Waals surface area contributed by atoms with Crippen LogP contribution in [0.5, 0.6) is 0 Å². The summed E-state index contributed by atoms with van der Waals surface area (Å²) in [5, 5.41) is 3.04. The lowest BCUT2D eigenvalue weighted by Crippen LogP contribution is -2.12. The quantitative estimate of drug-likeness (QED) is 0.703. The van der Waals surface area contributed by atoms with E-state index >= 15 is 0 Å². The summed E-state index contributed by atoms with van der Waals surface area (Å²) < 4.78 is 0. The monoisotopic (exact) mass is 167 g/mol. The fraction of sp³-hybridized carbons (Fsp3) is 0.500. The van der Waals surface area contributed by atoms with E-state index < -0.39 is 0 Å². The summed E-state index contributed by atoms with van der Waals surface area (Å²) in [6, 6.07) is 1.46. The molecule has 1 aromatic rings. The first kappa shape index (κ1) is 8.77. The number of H-pyrrole nitrogens is 1. The van der Waals surface area contributed by atoms with Crippen LogP contribution in [0.4, 0.5) is 5.82 Å². The van der Waals surface area contributed by atoms with Crippen molar-refractivity contribution in [2.75, 3.05) is 11.9 Å². The summed E-state index contributed by atoms with van der Waals surface area (Å²) in [6.07, 6.45) is 1.02. The number of nitrogens with one attached hydrogen (secondary N) is 2. The summed E-state index contributed by atoms with van der Waals surface area (Å²) in [7, 11) is 0. The van der Waals surface area contributed by atoms with E-state index in [4.69, 9.17) is 0 Å². The van der Waals surface area contributed by atoms with Gasteiger partial charge < -0.3 is 10.3 Å². The normalized spacial score (nSPS) is 9.83. The second kappa shape index (κ2) is 3.90. The number of aryl methyl sites for hydroxylation is 1. The third-order valence-corrected chi connectivity index (χ3v) is 1.42. The van der Waals surface area contributed by atoms with E-state index in [1.807, 2.05) is 0 Å². The van der Waals surface area contributed by atoms with Crippen molar-refractivity contribution < 1.29 is 0 Å². The Hall–Kier alpha value is -1.32. The highest BCUT2D eigenvalue weighted by Gasteiger charge is 1.94. The maximum Gasteiger partial charge on any atom is 0.252 e. The zero-order valence-corrected chi connectivity index (χ0v) is 7.35. The maximum absolute atomic E-state index is 10.9. The zero-order chi connectivity index (χ0) is 8.97. The van der Waals surface area contributed by atoms with Gasteiger partial charge in [0.15, 0.2) is 0 Å². The predicted octanol–water partition coefficient (Wildman–Crippen LogP) is 0.900. The van der Waals surface area contributed by atoms with Crippen LogP contribution in [0.15, 0.2) is 10.9 Å². The van der Waals surface area contributed by atoms with Gasteiger partial charge >= 0.3 is 0 Å². The Kier molecular flexibility index (Phi) is 2.85. The Morgan fingerprint density at radius 3 is 3.00 bits per heavy atom. The van der Waals surface area contributed by atoms with Crippen LogP contribution in [0.25, 0.3) is 0 Å². The first-order chi connectivity index (χ1) is 5.72. The molecule has 1 aromatic heterocycles. The molecule has 0 bridgehead atoms. The van der Waals surface area contributed by atoms with Crippen LogP contribution in [0.3, 0.4) is 0 Å². The average molecular weight is 167 g/mol. The van der Waals surface area contributed by atoms with Crippen molar-refractivity contribution >= 4 is 5.82 Å². The van der Waals surface area contributed by atoms with E-state index in [0.29, 0.717) is 11.6 Å². The SMILES string of the molecule is CCCNc1cc(=O)[nH]c(C)n1. The van der Waals surface area contributed by atoms with Crippen molar-refractivity contribution in [3.8, 4) is 0 Å². The molecule has 0 unspecified atom stereocenters. The van der Waals surface area contributed by atoms with Crippen LogP contribution in [-0.2, 0) is 0 Å². The molecule has 66 valence electrons. The van der Waals surface area contributed by atoms with E-state index in [1.165, 1.54) is 6.07 Å². The van der Waals surface area contributed by atoms with Crippen LogP contribution >= 0.6 is 0 Å². The highest BCUT2D eigenvalue weighted by molar-refractivity contribution is 5.32. The fourth-order valence-electron chi connectivity index (χ4n) is 0.923. The van der Waals surface area contributed by atoms with Crippen LogP contribution in [-0.4, -0.2) is 16.5 Å². The summed E-state index contributed by atoms with van der Waals surface area (Å²) in [5.41, 5.74) is -0.110. The van der Waals surface area contributed by atoms with Gasteiger partial charge in [-0.15, -0.1) is 0 Å². The summed E-state index contributed by atoms with van der Waals surface area (Å²) in [4.78, 5) is 17.6. The summed E-state index contributed by atoms with van der Waals surface area (Å²) in [5.74, 6) is 1.29. The van der Waals surface area contributed by atoms with E-state index in [2.05, 4.69) is 22.2 Å². The average Bonchev–Trinajstić information content (AvgIpc) is 1.99. The second-order valence-electron chi connectivity index (χ2n) is 2.64. The fourth-order valence-corrected chi connectivity index (χ4v) is 0.923. The molecule has 0 aliphatic rings. The van der Waals surface area contributed by atoms with Gasteiger partial charge in [0.05, 0.1) is 0 Å². The molecule has 4 nitrogen and oxygen atoms in total. The largest absolute Gasteiger partial charge is 0.370 e. The molecule has 0 saturated heterocycles. The molecule has 0 atom stereocenters. The molecule has 12 heavy (non-hydrogen) atoms. The molecule has 0 aromatic carbocycles. The minimum Gasteiger partial charge on any atom is -0.370 e. The van der Waals surface area contributed by atoms with Gasteiger partial charge in [0.2, 0.25) is 0 Å². The molecule has 0 fully saturated rings. The molecule has 0 saturated carbocycles. The Morgan fingerprint density at radius 2 is 2.42 bits per heavy atom. The molecule has 0 aliphatic carbocycles. The van der Waals surface area contributed by atoms with Crippen molar-refractivity contribution in [3.63, 3.8) is 0 Å². The van der Waals surface area contributed by atoms with E-state index in [1.54, 1.807) is 6.92 Å². The summed E-state index contributed by atoms with van der Waals surface area (Å²) >= 11 is 0. The Labute approximate surface area is 71.0 Å². The highest BCUT2D eigenvalue weighted by atomic mass is 16.1. The van der Waals surface area contributed by atoms with Gasteiger partial charge in [0, 0.05) is 12.6 Å². The molecule has 0 radical (unpaired) electrons. The van der Waals surface area contributed by atoms with Gasteiger partial charge in [0.25, 0.3) is 5.56 Å². The van der Waals surface area contributed by atoms with Gasteiger partial charge in [-0.3, -0.25) is 4.79 Å². The lowest BCUT2D eigenvalue weighted by molar-refractivity contribution is 0.947. The predicted molar refractivity (Wildman–Crippen MR) is 48.4 cm³/mol. The van der Waals surface area contributed by atoms with Crippen LogP contribution < -0.4 is 10.9 Å². The lowest BCUT2D eigenvalue weighted by atomic mass is 10.4. The van der Waals surface area contributed by atoms with Crippen molar-refractivity contribution in [1.29, 1.82) is 0 Å². The molecule has 0 spiro atoms. The number of rotatable bonds is 3. The number of aromatic amines is 1. The second-order valence-corrected chi connectivity index (χ2v) is 2.64. The van der Waals surface area contributed by atoms with Crippen molar-refractivity contribution in [1.82, 2.24) is 9.97 Å². The van der Waals surface area contributed by atoms with Gasteiger partial charge in [-0.2, -0.15) is 0 Å². The first-order valence-electron chi connectivity index (χ1n) is 4.04. The van der Waals surface area contributed by atoms with Crippen LogP contribution in [0.1, 0.15) is 19.2 Å². The molecule has 2 N–H and O–H groups in total.